The van der Waals surface area contributed by atoms with Crippen molar-refractivity contribution in [1.29, 1.82) is 0 Å². The monoisotopic (exact) mass is 506 g/mol. The van der Waals surface area contributed by atoms with E-state index in [1.165, 1.54) is 9.80 Å². The first-order chi connectivity index (χ1) is 15.2. The summed E-state index contributed by atoms with van der Waals surface area (Å²) in [4.78, 5) is 26.9. The third-order valence-corrected chi connectivity index (χ3v) is 5.01. The van der Waals surface area contributed by atoms with E-state index in [1.54, 1.807) is 48.5 Å². The van der Waals surface area contributed by atoms with Gasteiger partial charge in [0, 0.05) is 49.3 Å². The zero-order valence-electron chi connectivity index (χ0n) is 21.3. The lowest BCUT2D eigenvalue weighted by Crippen LogP contribution is -2.45. The molecule has 0 atom stereocenters. The van der Waals surface area contributed by atoms with Crippen LogP contribution in [0.3, 0.4) is 0 Å². The molecule has 0 aromatic heterocycles. The number of rotatable bonds is 14. The highest BCUT2D eigenvalue weighted by atomic mass is 19.4. The SMILES string of the molecule is CCC(=O)N(CCC(F)(F)F)CC(C)(C)COCC(C)(C)CN(CCC(F)(F)F)C(=O)C(C)C. The molecule has 0 aliphatic rings. The van der Waals surface area contributed by atoms with E-state index in [1.807, 2.05) is 0 Å². The lowest BCUT2D eigenvalue weighted by atomic mass is 9.91. The highest BCUT2D eigenvalue weighted by Crippen LogP contribution is 2.26. The van der Waals surface area contributed by atoms with E-state index in [-0.39, 0.29) is 44.5 Å². The van der Waals surface area contributed by atoms with Gasteiger partial charge in [-0.25, -0.2) is 0 Å². The van der Waals surface area contributed by atoms with E-state index in [2.05, 4.69) is 0 Å². The fourth-order valence-corrected chi connectivity index (χ4v) is 3.40. The number of carbonyl (C=O) groups is 2. The molecule has 0 aromatic rings. The molecule has 0 fully saturated rings. The number of hydrogen-bond acceptors (Lipinski definition) is 3. The Morgan fingerprint density at radius 2 is 1.15 bits per heavy atom. The van der Waals surface area contributed by atoms with Gasteiger partial charge in [0.05, 0.1) is 26.1 Å². The van der Waals surface area contributed by atoms with Gasteiger partial charge in [-0.2, -0.15) is 26.3 Å². The van der Waals surface area contributed by atoms with Crippen molar-refractivity contribution >= 4 is 11.8 Å². The van der Waals surface area contributed by atoms with Gasteiger partial charge in [-0.05, 0) is 0 Å². The topological polar surface area (TPSA) is 49.9 Å². The van der Waals surface area contributed by atoms with Gasteiger partial charge in [0.15, 0.2) is 0 Å². The summed E-state index contributed by atoms with van der Waals surface area (Å²) in [5, 5.41) is 0. The van der Waals surface area contributed by atoms with E-state index in [0.29, 0.717) is 0 Å². The summed E-state index contributed by atoms with van der Waals surface area (Å²) in [6.07, 6.45) is -10.9. The molecule has 0 saturated carbocycles. The van der Waals surface area contributed by atoms with Gasteiger partial charge >= 0.3 is 12.4 Å². The summed E-state index contributed by atoms with van der Waals surface area (Å²) in [5.41, 5.74) is -1.32. The Balaban J connectivity index is 5.04. The minimum Gasteiger partial charge on any atom is -0.380 e. The van der Waals surface area contributed by atoms with Crippen LogP contribution in [-0.2, 0) is 14.3 Å². The fraction of sp³-hybridized carbons (Fsp3) is 0.913. The number of halogens is 6. The smallest absolute Gasteiger partial charge is 0.380 e. The summed E-state index contributed by atoms with van der Waals surface area (Å²) in [5.74, 6) is -1.22. The van der Waals surface area contributed by atoms with Gasteiger partial charge in [0.1, 0.15) is 0 Å². The first-order valence-electron chi connectivity index (χ1n) is 11.5. The van der Waals surface area contributed by atoms with Crippen molar-refractivity contribution in [3.05, 3.63) is 0 Å². The molecular weight excluding hydrogens is 466 g/mol. The molecule has 0 aliphatic carbocycles. The van der Waals surface area contributed by atoms with Gasteiger partial charge in [-0.1, -0.05) is 48.5 Å². The fourth-order valence-electron chi connectivity index (χ4n) is 3.40. The maximum absolute atomic E-state index is 12.7. The van der Waals surface area contributed by atoms with Crippen LogP contribution >= 0.6 is 0 Å². The van der Waals surface area contributed by atoms with E-state index < -0.39 is 55.0 Å². The van der Waals surface area contributed by atoms with Crippen LogP contribution in [0.1, 0.15) is 67.7 Å². The molecule has 0 heterocycles. The largest absolute Gasteiger partial charge is 0.390 e. The highest BCUT2D eigenvalue weighted by Gasteiger charge is 2.34. The zero-order valence-corrected chi connectivity index (χ0v) is 21.3. The van der Waals surface area contributed by atoms with Gasteiger partial charge < -0.3 is 14.5 Å². The van der Waals surface area contributed by atoms with Gasteiger partial charge in [-0.3, -0.25) is 9.59 Å². The normalized spacial score (nSPS) is 13.4. The second-order valence-electron chi connectivity index (χ2n) is 10.6. The number of alkyl halides is 6. The average molecular weight is 507 g/mol. The van der Waals surface area contributed by atoms with E-state index in [4.69, 9.17) is 4.74 Å². The standard InChI is InChI=1S/C23H40F6N2O3/c1-8-18(32)30(11-9-22(24,25)26)13-20(4,5)15-34-16-21(6,7)14-31(19(33)17(2)3)12-10-23(27,28)29/h17H,8-16H2,1-7H3. The van der Waals surface area contributed by atoms with Crippen LogP contribution in [0.5, 0.6) is 0 Å². The Morgan fingerprint density at radius 3 is 1.50 bits per heavy atom. The first kappa shape index (κ1) is 32.5. The summed E-state index contributed by atoms with van der Waals surface area (Å²) in [7, 11) is 0. The van der Waals surface area contributed by atoms with Crippen molar-refractivity contribution in [3.63, 3.8) is 0 Å². The molecule has 0 bridgehead atoms. The van der Waals surface area contributed by atoms with Crippen LogP contribution in [0.4, 0.5) is 26.3 Å². The van der Waals surface area contributed by atoms with E-state index in [0.717, 1.165) is 0 Å². The third kappa shape index (κ3) is 14.7. The number of ether oxygens (including phenoxy) is 1. The van der Waals surface area contributed by atoms with Crippen molar-refractivity contribution in [2.45, 2.75) is 80.1 Å². The number of carbonyl (C=O) groups excluding carboxylic acids is 2. The molecule has 2 amide bonds. The van der Waals surface area contributed by atoms with Crippen molar-refractivity contribution in [2.24, 2.45) is 16.7 Å². The average Bonchev–Trinajstić information content (AvgIpc) is 2.65. The first-order valence-corrected chi connectivity index (χ1v) is 11.5. The molecule has 11 heteroatoms. The van der Waals surface area contributed by atoms with Crippen molar-refractivity contribution in [2.75, 3.05) is 39.4 Å². The van der Waals surface area contributed by atoms with Crippen LogP contribution < -0.4 is 0 Å². The molecular formula is C23H40F6N2O3. The maximum Gasteiger partial charge on any atom is 0.390 e. The second kappa shape index (κ2) is 13.0. The molecule has 0 radical (unpaired) electrons. The summed E-state index contributed by atoms with van der Waals surface area (Å²) in [6.45, 7) is 11.4. The van der Waals surface area contributed by atoms with Crippen LogP contribution in [0.2, 0.25) is 0 Å². The van der Waals surface area contributed by atoms with Crippen LogP contribution in [0, 0.1) is 16.7 Å². The van der Waals surface area contributed by atoms with Crippen LogP contribution in [0.15, 0.2) is 0 Å². The molecule has 0 N–H and O–H groups in total. The molecule has 202 valence electrons. The molecule has 0 aromatic carbocycles. The highest BCUT2D eigenvalue weighted by molar-refractivity contribution is 5.78. The Bertz CT molecular complexity index is 646. The molecule has 5 nitrogen and oxygen atoms in total. The zero-order chi connectivity index (χ0) is 27.0. The van der Waals surface area contributed by atoms with E-state index in [9.17, 15) is 35.9 Å². The molecule has 34 heavy (non-hydrogen) atoms. The van der Waals surface area contributed by atoms with Crippen LogP contribution in [-0.4, -0.2) is 73.4 Å². The molecule has 0 saturated heterocycles. The number of nitrogens with zero attached hydrogens (tertiary/aromatic N) is 2. The Morgan fingerprint density at radius 1 is 0.765 bits per heavy atom. The van der Waals surface area contributed by atoms with Gasteiger partial charge in [0.2, 0.25) is 11.8 Å². The quantitative estimate of drug-likeness (QED) is 0.285. The lowest BCUT2D eigenvalue weighted by Gasteiger charge is -2.36. The minimum atomic E-state index is -4.38. The molecule has 0 spiro atoms. The van der Waals surface area contributed by atoms with E-state index >= 15 is 0 Å². The maximum atomic E-state index is 12.7. The lowest BCUT2D eigenvalue weighted by molar-refractivity contribution is -0.149. The van der Waals surface area contributed by atoms with Crippen molar-refractivity contribution in [3.8, 4) is 0 Å². The van der Waals surface area contributed by atoms with Gasteiger partial charge in [0.25, 0.3) is 0 Å². The summed E-state index contributed by atoms with van der Waals surface area (Å²) >= 11 is 0. The summed E-state index contributed by atoms with van der Waals surface area (Å²) < 4.78 is 81.8. The Hall–Kier alpha value is -1.52. The Kier molecular flexibility index (Phi) is 12.4. The molecule has 0 aliphatic heterocycles. The number of hydrogen-bond donors (Lipinski definition) is 0. The molecule has 0 rings (SSSR count). The Labute approximate surface area is 199 Å². The number of amides is 2. The van der Waals surface area contributed by atoms with Crippen molar-refractivity contribution in [1.82, 2.24) is 9.80 Å². The predicted molar refractivity (Wildman–Crippen MR) is 118 cm³/mol. The summed E-state index contributed by atoms with van der Waals surface area (Å²) in [6, 6.07) is 0. The van der Waals surface area contributed by atoms with Crippen LogP contribution in [0.25, 0.3) is 0 Å². The minimum absolute atomic E-state index is 0.0621. The van der Waals surface area contributed by atoms with Gasteiger partial charge in [-0.15, -0.1) is 0 Å². The molecule has 0 unspecified atom stereocenters. The predicted octanol–water partition coefficient (Wildman–Crippen LogP) is 5.68. The third-order valence-electron chi connectivity index (χ3n) is 5.01. The second-order valence-corrected chi connectivity index (χ2v) is 10.6. The van der Waals surface area contributed by atoms with Crippen molar-refractivity contribution < 1.29 is 40.7 Å².